The van der Waals surface area contributed by atoms with Crippen LogP contribution in [0.15, 0.2) is 12.7 Å². The van der Waals surface area contributed by atoms with Crippen molar-refractivity contribution in [3.63, 3.8) is 0 Å². The van der Waals surface area contributed by atoms with Gasteiger partial charge in [-0.3, -0.25) is 0 Å². The van der Waals surface area contributed by atoms with Gasteiger partial charge in [-0.1, -0.05) is 6.08 Å². The minimum atomic E-state index is -0.313. The van der Waals surface area contributed by atoms with E-state index in [-0.39, 0.29) is 24.4 Å². The van der Waals surface area contributed by atoms with Crippen LogP contribution in [0.2, 0.25) is 0 Å². The van der Waals surface area contributed by atoms with E-state index in [1.54, 1.807) is 13.0 Å². The topological polar surface area (TPSA) is 38.7 Å². The van der Waals surface area contributed by atoms with Gasteiger partial charge in [-0.05, 0) is 33.1 Å². The molecular weight excluding hydrogens is 192 g/mol. The SMILES string of the molecule is C=C[C@@H]1OCCC[C@H]1O[C@H](C)C[C@@H](C)O. The van der Waals surface area contributed by atoms with Crippen molar-refractivity contribution in [3.05, 3.63) is 12.7 Å². The Balaban J connectivity index is 2.37. The van der Waals surface area contributed by atoms with E-state index in [4.69, 9.17) is 9.47 Å². The van der Waals surface area contributed by atoms with Gasteiger partial charge in [-0.15, -0.1) is 6.58 Å². The number of aliphatic hydroxyl groups excluding tert-OH is 1. The highest BCUT2D eigenvalue weighted by Crippen LogP contribution is 2.20. The smallest absolute Gasteiger partial charge is 0.101 e. The van der Waals surface area contributed by atoms with Crippen LogP contribution in [0.5, 0.6) is 0 Å². The second-order valence-corrected chi connectivity index (χ2v) is 4.28. The maximum Gasteiger partial charge on any atom is 0.101 e. The second-order valence-electron chi connectivity index (χ2n) is 4.28. The maximum atomic E-state index is 9.24. The van der Waals surface area contributed by atoms with Crippen LogP contribution in [0.3, 0.4) is 0 Å². The van der Waals surface area contributed by atoms with Crippen LogP contribution in [0.4, 0.5) is 0 Å². The molecule has 1 fully saturated rings. The van der Waals surface area contributed by atoms with Crippen molar-refractivity contribution < 1.29 is 14.6 Å². The van der Waals surface area contributed by atoms with Crippen molar-refractivity contribution in [1.29, 1.82) is 0 Å². The van der Waals surface area contributed by atoms with E-state index in [1.807, 2.05) is 6.92 Å². The van der Waals surface area contributed by atoms with Gasteiger partial charge in [-0.25, -0.2) is 0 Å². The van der Waals surface area contributed by atoms with Crippen molar-refractivity contribution in [1.82, 2.24) is 0 Å². The van der Waals surface area contributed by atoms with Gasteiger partial charge >= 0.3 is 0 Å². The van der Waals surface area contributed by atoms with E-state index >= 15 is 0 Å². The molecule has 0 spiro atoms. The second kappa shape index (κ2) is 6.26. The van der Waals surface area contributed by atoms with Crippen LogP contribution in [0.25, 0.3) is 0 Å². The predicted octanol–water partition coefficient (Wildman–Crippen LogP) is 1.90. The molecule has 0 aromatic heterocycles. The summed E-state index contributed by atoms with van der Waals surface area (Å²) in [4.78, 5) is 0. The van der Waals surface area contributed by atoms with E-state index in [1.165, 1.54) is 0 Å². The molecule has 3 nitrogen and oxygen atoms in total. The molecule has 1 saturated heterocycles. The highest BCUT2D eigenvalue weighted by Gasteiger charge is 2.26. The molecule has 4 atom stereocenters. The van der Waals surface area contributed by atoms with E-state index in [2.05, 4.69) is 6.58 Å². The lowest BCUT2D eigenvalue weighted by Crippen LogP contribution is -2.37. The molecule has 0 radical (unpaired) electrons. The van der Waals surface area contributed by atoms with Crippen LogP contribution in [-0.2, 0) is 9.47 Å². The van der Waals surface area contributed by atoms with Gasteiger partial charge in [0.25, 0.3) is 0 Å². The first-order chi connectivity index (χ1) is 7.13. The first-order valence-electron chi connectivity index (χ1n) is 5.71. The number of rotatable bonds is 5. The van der Waals surface area contributed by atoms with Crippen molar-refractivity contribution >= 4 is 0 Å². The van der Waals surface area contributed by atoms with Gasteiger partial charge in [0.05, 0.1) is 18.3 Å². The van der Waals surface area contributed by atoms with Gasteiger partial charge in [0.2, 0.25) is 0 Å². The predicted molar refractivity (Wildman–Crippen MR) is 59.8 cm³/mol. The van der Waals surface area contributed by atoms with E-state index in [0.29, 0.717) is 6.42 Å². The van der Waals surface area contributed by atoms with Crippen molar-refractivity contribution in [2.24, 2.45) is 0 Å². The molecule has 15 heavy (non-hydrogen) atoms. The maximum absolute atomic E-state index is 9.24. The average molecular weight is 214 g/mol. The summed E-state index contributed by atoms with van der Waals surface area (Å²) in [7, 11) is 0. The zero-order valence-electron chi connectivity index (χ0n) is 9.69. The highest BCUT2D eigenvalue weighted by atomic mass is 16.5. The zero-order valence-corrected chi connectivity index (χ0v) is 9.69. The van der Waals surface area contributed by atoms with Crippen molar-refractivity contribution in [2.75, 3.05) is 6.61 Å². The molecule has 0 bridgehead atoms. The molecule has 0 aliphatic carbocycles. The van der Waals surface area contributed by atoms with Crippen molar-refractivity contribution in [3.8, 4) is 0 Å². The fourth-order valence-corrected chi connectivity index (χ4v) is 1.98. The standard InChI is InChI=1S/C12H22O3/c1-4-11-12(6-5-7-14-11)15-10(3)8-9(2)13/h4,9-13H,1,5-8H2,2-3H3/t9-,10-,11+,12-/m1/s1. The molecule has 3 heteroatoms. The fourth-order valence-electron chi connectivity index (χ4n) is 1.98. The first-order valence-corrected chi connectivity index (χ1v) is 5.71. The van der Waals surface area contributed by atoms with E-state index in [9.17, 15) is 5.11 Å². The molecule has 0 unspecified atom stereocenters. The van der Waals surface area contributed by atoms with Gasteiger partial charge in [0, 0.05) is 6.61 Å². The Morgan fingerprint density at radius 1 is 1.60 bits per heavy atom. The van der Waals surface area contributed by atoms with Crippen LogP contribution in [0.1, 0.15) is 33.1 Å². The minimum Gasteiger partial charge on any atom is -0.393 e. The summed E-state index contributed by atoms with van der Waals surface area (Å²) >= 11 is 0. The quantitative estimate of drug-likeness (QED) is 0.710. The monoisotopic (exact) mass is 214 g/mol. The Kier molecular flexibility index (Phi) is 5.29. The Labute approximate surface area is 92.1 Å². The fraction of sp³-hybridized carbons (Fsp3) is 0.833. The number of hydrogen-bond donors (Lipinski definition) is 1. The summed E-state index contributed by atoms with van der Waals surface area (Å²) < 4.78 is 11.4. The number of hydrogen-bond acceptors (Lipinski definition) is 3. The van der Waals surface area contributed by atoms with E-state index in [0.717, 1.165) is 19.4 Å². The molecule has 88 valence electrons. The van der Waals surface area contributed by atoms with Crippen LogP contribution >= 0.6 is 0 Å². The third-order valence-corrected chi connectivity index (χ3v) is 2.62. The molecule has 1 aliphatic heterocycles. The Morgan fingerprint density at radius 3 is 2.93 bits per heavy atom. The summed E-state index contributed by atoms with van der Waals surface area (Å²) in [6.45, 7) is 8.31. The number of ether oxygens (including phenoxy) is 2. The third-order valence-electron chi connectivity index (χ3n) is 2.62. The zero-order chi connectivity index (χ0) is 11.3. The summed E-state index contributed by atoms with van der Waals surface area (Å²) in [5, 5.41) is 9.24. The van der Waals surface area contributed by atoms with Crippen molar-refractivity contribution in [2.45, 2.75) is 57.5 Å². The lowest BCUT2D eigenvalue weighted by Gasteiger charge is -2.32. The van der Waals surface area contributed by atoms with Crippen LogP contribution in [0, 0.1) is 0 Å². The first kappa shape index (κ1) is 12.7. The molecule has 0 aromatic carbocycles. The summed E-state index contributed by atoms with van der Waals surface area (Å²) in [5.41, 5.74) is 0. The molecule has 1 rings (SSSR count). The summed E-state index contributed by atoms with van der Waals surface area (Å²) in [6.07, 6.45) is 4.39. The molecule has 1 N–H and O–H groups in total. The lowest BCUT2D eigenvalue weighted by molar-refractivity contribution is -0.114. The molecule has 1 aliphatic rings. The third kappa shape index (κ3) is 4.33. The summed E-state index contributed by atoms with van der Waals surface area (Å²) in [5.74, 6) is 0. The normalized spacial score (nSPS) is 30.9. The van der Waals surface area contributed by atoms with Gasteiger partial charge < -0.3 is 14.6 Å². The Hall–Kier alpha value is -0.380. The largest absolute Gasteiger partial charge is 0.393 e. The molecule has 0 saturated carbocycles. The Morgan fingerprint density at radius 2 is 2.33 bits per heavy atom. The van der Waals surface area contributed by atoms with Crippen LogP contribution < -0.4 is 0 Å². The molecule has 0 aromatic rings. The number of aliphatic hydroxyl groups is 1. The van der Waals surface area contributed by atoms with Gasteiger partial charge in [0.1, 0.15) is 6.10 Å². The van der Waals surface area contributed by atoms with Gasteiger partial charge in [-0.2, -0.15) is 0 Å². The van der Waals surface area contributed by atoms with Gasteiger partial charge in [0.15, 0.2) is 0 Å². The lowest BCUT2D eigenvalue weighted by atomic mass is 10.0. The van der Waals surface area contributed by atoms with E-state index < -0.39 is 0 Å². The molecule has 0 amide bonds. The molecule has 1 heterocycles. The minimum absolute atomic E-state index is 0.00944. The average Bonchev–Trinajstić information content (AvgIpc) is 2.17. The summed E-state index contributed by atoms with van der Waals surface area (Å²) in [6, 6.07) is 0. The highest BCUT2D eigenvalue weighted by molar-refractivity contribution is 4.89. The Bertz CT molecular complexity index is 191. The van der Waals surface area contributed by atoms with Crippen LogP contribution in [-0.4, -0.2) is 36.1 Å². The molecular formula is C12H22O3.